The first kappa shape index (κ1) is 31.8. The Hall–Kier alpha value is -1.26. The smallest absolute Gasteiger partial charge is 0.308 e. The van der Waals surface area contributed by atoms with Crippen LogP contribution in [0, 0.1) is 0 Å². The quantitative estimate of drug-likeness (QED) is 0.138. The molecule has 0 aromatic heterocycles. The standard InChI is InChI=1S/C26H48O9/c1-4-6-8-10-12-14-19(16-21(27)28)34-22(29)17-20(15-13-11-9-7-5-2)35-26-25(32)24(31)23(30)18(3)33-26/h18-20,23-26,30-32H,4-17H2,1-3H3,(H,27,28)/t18-,19?,20?,23+,24-,25-,26+/m1/s1/i1+2,2+2,3+2,4+2,5+2,6+2,7+2,8+2,9+2,10+2,11+2,12+2,13+2,14+2,15+2,16+2,17+2,18+2,19+2,20+2,21+2,22+2,23+2,24+2,25+2,26+2. The number of carbonyl (C=O) groups excluding carboxylic acids is 1. The summed E-state index contributed by atoms with van der Waals surface area (Å²) in [5.74, 6) is -1.57. The SMILES string of the molecule is [14CH3][14CH2][14CH2][14CH2][14CH2][14CH2][14CH2][14CH]([14CH2][14C](=O)O)O[14C](=O)[14CH2][14CH]([14CH2][14CH2][14CH2][14CH2][14CH2][14CH2][14CH3])O[14C@@H]1O[14C@H]([14CH3])[14C@H](O)[14C@@H](O)[14C@H]1O. The minimum absolute atomic E-state index is 0.112. The maximum absolute atomic E-state index is 12.7. The molecule has 0 radical (unpaired) electrons. The minimum Gasteiger partial charge on any atom is -0.481 e. The number of rotatable bonds is 19. The van der Waals surface area contributed by atoms with Crippen LogP contribution in [-0.4, -0.2) is 75.3 Å². The van der Waals surface area contributed by atoms with E-state index in [4.69, 9.17) is 14.2 Å². The van der Waals surface area contributed by atoms with Crippen LogP contribution < -0.4 is 0 Å². The topological polar surface area (TPSA) is 143 Å². The normalized spacial score (nSPS) is 26.3. The lowest BCUT2D eigenvalue weighted by Gasteiger charge is -2.40. The van der Waals surface area contributed by atoms with Crippen LogP contribution in [0.15, 0.2) is 0 Å². The zero-order chi connectivity index (χ0) is 26.2. The van der Waals surface area contributed by atoms with Crippen molar-refractivity contribution in [3.63, 3.8) is 0 Å². The lowest BCUT2D eigenvalue weighted by atomic mass is 11.9. The van der Waals surface area contributed by atoms with E-state index >= 15 is 0 Å². The Bertz CT molecular complexity index is 585. The number of esters is 1. The van der Waals surface area contributed by atoms with Gasteiger partial charge >= 0.3 is 11.9 Å². The van der Waals surface area contributed by atoms with Crippen molar-refractivity contribution in [3.8, 4) is 0 Å². The molecule has 0 bridgehead atoms. The number of ether oxygens (including phenoxy) is 3. The van der Waals surface area contributed by atoms with Crippen molar-refractivity contribution in [1.82, 2.24) is 0 Å². The molecular formula is C26H48O9. The van der Waals surface area contributed by atoms with Crippen LogP contribution in [0.4, 0.5) is 0 Å². The van der Waals surface area contributed by atoms with Crippen LogP contribution in [0.5, 0.6) is 0 Å². The Kier molecular flexibility index (Phi) is 16.4. The first-order valence-corrected chi connectivity index (χ1v) is 13.5. The van der Waals surface area contributed by atoms with Crippen LogP contribution in [0.1, 0.15) is 111 Å². The number of aliphatic hydroxyl groups is 3. The van der Waals surface area contributed by atoms with Crippen molar-refractivity contribution in [1.29, 1.82) is 0 Å². The molecule has 1 fully saturated rings. The zero-order valence-corrected chi connectivity index (χ0v) is 21.8. The zero-order valence-electron chi connectivity index (χ0n) is 21.8. The van der Waals surface area contributed by atoms with Crippen LogP contribution in [0.25, 0.3) is 0 Å². The summed E-state index contributed by atoms with van der Waals surface area (Å²) in [4.78, 5) is 24.0. The highest BCUT2D eigenvalue weighted by Gasteiger charge is 2.43. The molecule has 0 spiro atoms. The Morgan fingerprint density at radius 1 is 0.771 bits per heavy atom. The molecule has 1 aliphatic rings. The van der Waals surface area contributed by atoms with E-state index in [0.717, 1.165) is 64.2 Å². The van der Waals surface area contributed by atoms with E-state index in [-0.39, 0.29) is 12.8 Å². The predicted octanol–water partition coefficient (Wildman–Crippen LogP) is 3.70. The molecule has 0 amide bonds. The van der Waals surface area contributed by atoms with E-state index < -0.39 is 54.9 Å². The van der Waals surface area contributed by atoms with Gasteiger partial charge in [0.05, 0.1) is 25.0 Å². The Balaban J connectivity index is 2.72. The molecule has 0 aromatic carbocycles. The van der Waals surface area contributed by atoms with E-state index in [2.05, 4.69) is 13.8 Å². The van der Waals surface area contributed by atoms with E-state index in [1.165, 1.54) is 0 Å². The minimum atomic E-state index is -1.46. The fraction of sp³-hybridized carbons (Fsp3) is 0.923. The van der Waals surface area contributed by atoms with E-state index in [1.54, 1.807) is 6.92 Å². The third-order valence-corrected chi connectivity index (χ3v) is 6.49. The average molecular weight is 556 g/mol. The first-order chi connectivity index (χ1) is 16.7. The summed E-state index contributed by atoms with van der Waals surface area (Å²) in [5, 5.41) is 39.5. The summed E-state index contributed by atoms with van der Waals surface area (Å²) >= 11 is 0. The van der Waals surface area contributed by atoms with Crippen molar-refractivity contribution in [2.24, 2.45) is 0 Å². The summed E-state index contributed by atoms with van der Waals surface area (Å²) in [6.45, 7) is 5.82. The van der Waals surface area contributed by atoms with Crippen LogP contribution in [0.3, 0.4) is 0 Å². The third-order valence-electron chi connectivity index (χ3n) is 6.49. The van der Waals surface area contributed by atoms with Gasteiger partial charge in [-0.15, -0.1) is 0 Å². The number of hydrogen-bond acceptors (Lipinski definition) is 8. The van der Waals surface area contributed by atoms with Crippen LogP contribution in [-0.2, 0) is 23.8 Å². The summed E-state index contributed by atoms with van der Waals surface area (Å²) < 4.78 is 17.0. The van der Waals surface area contributed by atoms with Crippen LogP contribution >= 0.6 is 0 Å². The van der Waals surface area contributed by atoms with Gasteiger partial charge in [-0.25, -0.2) is 0 Å². The molecule has 2 unspecified atom stereocenters. The Labute approximate surface area is 210 Å². The highest BCUT2D eigenvalue weighted by molar-refractivity contribution is 5.72. The summed E-state index contributed by atoms with van der Waals surface area (Å²) in [6.07, 6.45) is 3.42. The number of hydrogen-bond donors (Lipinski definition) is 4. The monoisotopic (exact) mass is 556 g/mol. The van der Waals surface area contributed by atoms with Crippen molar-refractivity contribution in [3.05, 3.63) is 0 Å². The number of unbranched alkanes of at least 4 members (excludes halogenated alkanes) is 8. The molecular weight excluding hydrogens is 508 g/mol. The number of aliphatic hydroxyl groups excluding tert-OH is 3. The second-order valence-corrected chi connectivity index (χ2v) is 9.76. The number of aliphatic carboxylic acids is 1. The van der Waals surface area contributed by atoms with E-state index in [1.807, 2.05) is 0 Å². The first-order valence-electron chi connectivity index (χ1n) is 13.5. The Morgan fingerprint density at radius 3 is 1.86 bits per heavy atom. The largest absolute Gasteiger partial charge is 0.481 e. The maximum Gasteiger partial charge on any atom is 0.308 e. The fourth-order valence-corrected chi connectivity index (χ4v) is 4.30. The molecule has 0 saturated carbocycles. The van der Waals surface area contributed by atoms with Gasteiger partial charge in [0.15, 0.2) is 6.29 Å². The molecule has 1 saturated heterocycles. The van der Waals surface area contributed by atoms with Crippen molar-refractivity contribution in [2.45, 2.75) is 154 Å². The molecule has 9 heteroatoms. The lowest BCUT2D eigenvalue weighted by molar-refractivity contribution is -0.304. The number of carbonyl (C=O) groups is 2. The summed E-state index contributed by atoms with van der Waals surface area (Å²) in [6, 6.07) is 0. The highest BCUT2D eigenvalue weighted by atomic mass is 17.2. The van der Waals surface area contributed by atoms with Crippen molar-refractivity contribution >= 4 is 11.9 Å². The predicted molar refractivity (Wildman–Crippen MR) is 131 cm³/mol. The summed E-state index contributed by atoms with van der Waals surface area (Å²) in [5.41, 5.74) is 0. The number of carboxylic acids is 1. The molecule has 7 atom stereocenters. The second-order valence-electron chi connectivity index (χ2n) is 9.76. The van der Waals surface area contributed by atoms with Crippen molar-refractivity contribution < 1.29 is 44.2 Å². The average Bonchev–Trinajstić information content (AvgIpc) is 2.80. The van der Waals surface area contributed by atoms with Gasteiger partial charge in [0.25, 0.3) is 0 Å². The van der Waals surface area contributed by atoms with Crippen LogP contribution in [0.2, 0.25) is 0 Å². The fourth-order valence-electron chi connectivity index (χ4n) is 4.30. The molecule has 1 aliphatic heterocycles. The van der Waals surface area contributed by atoms with Gasteiger partial charge in [-0.2, -0.15) is 0 Å². The van der Waals surface area contributed by atoms with Gasteiger partial charge in [-0.3, -0.25) is 9.59 Å². The molecule has 1 rings (SSSR count). The van der Waals surface area contributed by atoms with Gasteiger partial charge in [0.1, 0.15) is 24.4 Å². The Morgan fingerprint density at radius 2 is 1.31 bits per heavy atom. The second kappa shape index (κ2) is 18.1. The van der Waals surface area contributed by atoms with Gasteiger partial charge < -0.3 is 34.6 Å². The van der Waals surface area contributed by atoms with E-state index in [0.29, 0.717) is 12.8 Å². The molecule has 0 aromatic rings. The maximum atomic E-state index is 12.7. The molecule has 1 heterocycles. The number of carboxylic acid groups (broad SMARTS) is 1. The van der Waals surface area contributed by atoms with Gasteiger partial charge in [0.2, 0.25) is 0 Å². The van der Waals surface area contributed by atoms with E-state index in [9.17, 15) is 30.0 Å². The molecule has 0 aliphatic carbocycles. The van der Waals surface area contributed by atoms with Gasteiger partial charge in [-0.05, 0) is 26.2 Å². The highest BCUT2D eigenvalue weighted by Crippen LogP contribution is 2.25. The molecule has 4 N–H and O–H groups in total. The summed E-state index contributed by atoms with van der Waals surface area (Å²) in [7, 11) is 0. The molecule has 206 valence electrons. The molecule has 9 nitrogen and oxygen atoms in total. The molecule has 35 heavy (non-hydrogen) atoms. The van der Waals surface area contributed by atoms with Crippen molar-refractivity contribution in [2.75, 3.05) is 0 Å². The third kappa shape index (κ3) is 13.0. The van der Waals surface area contributed by atoms with Gasteiger partial charge in [-0.1, -0.05) is 71.6 Å². The lowest BCUT2D eigenvalue weighted by Crippen LogP contribution is -2.58. The van der Waals surface area contributed by atoms with Gasteiger partial charge in [0, 0.05) is 0 Å².